The van der Waals surface area contributed by atoms with Crippen LogP contribution in [-0.2, 0) is 0 Å². The summed E-state index contributed by atoms with van der Waals surface area (Å²) in [5.41, 5.74) is 1.49. The molecule has 0 spiro atoms. The molecule has 1 heterocycles. The summed E-state index contributed by atoms with van der Waals surface area (Å²) in [7, 11) is 0. The summed E-state index contributed by atoms with van der Waals surface area (Å²) in [5.74, 6) is 0. The van der Waals surface area contributed by atoms with E-state index in [1.54, 1.807) is 0 Å². The lowest BCUT2D eigenvalue weighted by atomic mass is 10.2. The number of allylic oxidation sites excluding steroid dienone is 2. The topological polar surface area (TPSA) is 28.2 Å². The van der Waals surface area contributed by atoms with Gasteiger partial charge in [0.05, 0.1) is 12.7 Å². The molecule has 0 aliphatic carbocycles. The average molecular weight is 206 g/mol. The highest BCUT2D eigenvalue weighted by Crippen LogP contribution is 2.02. The Morgan fingerprint density at radius 3 is 2.47 bits per heavy atom. The number of nitrogens with one attached hydrogen (secondary N) is 1. The van der Waals surface area contributed by atoms with Crippen LogP contribution in [0.5, 0.6) is 0 Å². The molecular formula is C13H22N2. The summed E-state index contributed by atoms with van der Waals surface area (Å²) >= 11 is 0. The Kier molecular flexibility index (Phi) is 8.81. The first-order valence-corrected chi connectivity index (χ1v) is 5.83. The summed E-state index contributed by atoms with van der Waals surface area (Å²) in [5, 5.41) is 6.25. The van der Waals surface area contributed by atoms with Crippen LogP contribution in [0.2, 0.25) is 0 Å². The van der Waals surface area contributed by atoms with E-state index < -0.39 is 0 Å². The molecule has 0 bridgehead atoms. The normalized spacial score (nSPS) is 18.1. The maximum Gasteiger partial charge on any atom is 0.102 e. The molecule has 1 aliphatic heterocycles. The van der Waals surface area contributed by atoms with Crippen LogP contribution < -0.4 is 4.90 Å². The van der Waals surface area contributed by atoms with Gasteiger partial charge in [-0.15, -0.1) is 0 Å². The lowest BCUT2D eigenvalue weighted by molar-refractivity contribution is -0.788. The fourth-order valence-corrected chi connectivity index (χ4v) is 1.68. The molecule has 2 nitrogen and oxygen atoms in total. The van der Waals surface area contributed by atoms with Gasteiger partial charge in [-0.2, -0.15) is 0 Å². The second kappa shape index (κ2) is 9.48. The van der Waals surface area contributed by atoms with Gasteiger partial charge >= 0.3 is 0 Å². The molecule has 1 aliphatic rings. The van der Waals surface area contributed by atoms with E-state index in [0.29, 0.717) is 0 Å². The molecule has 0 saturated carbocycles. The van der Waals surface area contributed by atoms with Crippen LogP contribution >= 0.6 is 0 Å². The number of quaternary nitrogens is 1. The van der Waals surface area contributed by atoms with Gasteiger partial charge in [0.25, 0.3) is 0 Å². The van der Waals surface area contributed by atoms with Crippen molar-refractivity contribution in [3.05, 3.63) is 30.6 Å². The Labute approximate surface area is 93.9 Å². The summed E-state index contributed by atoms with van der Waals surface area (Å²) in [4.78, 5) is 1.54. The highest BCUT2D eigenvalue weighted by molar-refractivity contribution is 5.17. The molecule has 0 amide bonds. The first kappa shape index (κ1) is 13.9. The summed E-state index contributed by atoms with van der Waals surface area (Å²) in [6.07, 6.45) is 13.5. The fraction of sp³-hybridized carbons (Fsp3) is 0.615. The van der Waals surface area contributed by atoms with Crippen LogP contribution in [0.1, 0.15) is 46.0 Å². The van der Waals surface area contributed by atoms with Crippen molar-refractivity contribution in [2.75, 3.05) is 6.54 Å². The Morgan fingerprint density at radius 2 is 1.93 bits per heavy atom. The van der Waals surface area contributed by atoms with E-state index in [-0.39, 0.29) is 0 Å². The second-order valence-corrected chi connectivity index (χ2v) is 3.79. The zero-order valence-corrected chi connectivity index (χ0v) is 9.92. The second-order valence-electron chi connectivity index (χ2n) is 3.79. The fourth-order valence-electron chi connectivity index (χ4n) is 1.68. The molecule has 0 radical (unpaired) electrons. The molecular weight excluding hydrogens is 184 g/mol. The summed E-state index contributed by atoms with van der Waals surface area (Å²) < 4.78 is 0. The van der Waals surface area contributed by atoms with E-state index in [4.69, 9.17) is 11.8 Å². The van der Waals surface area contributed by atoms with Gasteiger partial charge in [0, 0.05) is 11.6 Å². The lowest BCUT2D eigenvalue weighted by Crippen LogP contribution is -3.01. The van der Waals surface area contributed by atoms with Crippen LogP contribution in [0.25, 0.3) is 0 Å². The van der Waals surface area contributed by atoms with Crippen LogP contribution in [-0.4, -0.2) is 6.54 Å². The predicted molar refractivity (Wildman–Crippen MR) is 62.5 cm³/mol. The van der Waals surface area contributed by atoms with Crippen LogP contribution in [0, 0.1) is 11.8 Å². The van der Waals surface area contributed by atoms with Gasteiger partial charge < -0.3 is 11.8 Å². The van der Waals surface area contributed by atoms with Gasteiger partial charge in [0.2, 0.25) is 0 Å². The molecule has 0 fully saturated rings. The van der Waals surface area contributed by atoms with Crippen molar-refractivity contribution in [3.63, 3.8) is 0 Å². The van der Waals surface area contributed by atoms with Crippen LogP contribution in [0.4, 0.5) is 0 Å². The average Bonchev–Trinajstić information content (AvgIpc) is 2.75. The van der Waals surface area contributed by atoms with E-state index in [2.05, 4.69) is 32.3 Å². The number of hydrogen-bond donors (Lipinski definition) is 1. The molecule has 15 heavy (non-hydrogen) atoms. The molecule has 1 unspecified atom stereocenters. The number of hydrogen-bond acceptors (Lipinski definition) is 1. The van der Waals surface area contributed by atoms with Crippen molar-refractivity contribution in [1.82, 2.24) is 0 Å². The maximum atomic E-state index is 6.25. The van der Waals surface area contributed by atoms with Crippen molar-refractivity contribution in [1.29, 1.82) is 5.26 Å². The maximum absolute atomic E-state index is 6.25. The minimum Gasteiger partial charge on any atom is -0.512 e. The zero-order valence-electron chi connectivity index (χ0n) is 9.92. The number of rotatable bonds is 6. The van der Waals surface area contributed by atoms with Gasteiger partial charge in [-0.05, 0) is 19.3 Å². The smallest absolute Gasteiger partial charge is 0.102 e. The lowest BCUT2D eigenvalue weighted by Gasteiger charge is -2.05. The molecule has 0 aromatic heterocycles. The Balaban J connectivity index is 0.000000921. The summed E-state index contributed by atoms with van der Waals surface area (Å²) in [6.45, 7) is 10.5. The standard InChI is InChI=1S/C12H21N.CN/c1-3-5-6-7-9-13-10-8-12(4-2)11-13;1-2/h8,10-11H,3-7,9H2,1-2H3;/q;-1/p+1. The van der Waals surface area contributed by atoms with Crippen LogP contribution in [0.3, 0.4) is 0 Å². The van der Waals surface area contributed by atoms with E-state index in [0.717, 1.165) is 0 Å². The van der Waals surface area contributed by atoms with Crippen molar-refractivity contribution in [3.8, 4) is 0 Å². The molecule has 1 N–H and O–H groups in total. The van der Waals surface area contributed by atoms with Gasteiger partial charge in [0.15, 0.2) is 0 Å². The van der Waals surface area contributed by atoms with E-state index in [9.17, 15) is 0 Å². The minimum absolute atomic E-state index is 1.18. The van der Waals surface area contributed by atoms with Crippen molar-refractivity contribution in [2.45, 2.75) is 46.0 Å². The Bertz CT molecular complexity index is 226. The van der Waals surface area contributed by atoms with Crippen molar-refractivity contribution in [2.24, 2.45) is 0 Å². The highest BCUT2D eigenvalue weighted by atomic mass is 15.1. The molecule has 84 valence electrons. The third-order valence-corrected chi connectivity index (χ3v) is 2.61. The van der Waals surface area contributed by atoms with Gasteiger partial charge in [-0.25, -0.2) is 0 Å². The molecule has 1 rings (SSSR count). The van der Waals surface area contributed by atoms with Gasteiger partial charge in [-0.3, -0.25) is 4.90 Å². The predicted octanol–water partition coefficient (Wildman–Crippen LogP) is 2.37. The van der Waals surface area contributed by atoms with Crippen molar-refractivity contribution >= 4 is 0 Å². The van der Waals surface area contributed by atoms with Gasteiger partial charge in [0.1, 0.15) is 6.20 Å². The van der Waals surface area contributed by atoms with Crippen LogP contribution in [0.15, 0.2) is 24.0 Å². The highest BCUT2D eigenvalue weighted by Gasteiger charge is 2.08. The third kappa shape index (κ3) is 6.09. The van der Waals surface area contributed by atoms with Crippen molar-refractivity contribution < 1.29 is 4.90 Å². The monoisotopic (exact) mass is 206 g/mol. The largest absolute Gasteiger partial charge is 0.512 e. The minimum atomic E-state index is 1.18. The first-order chi connectivity index (χ1) is 7.36. The third-order valence-electron chi connectivity index (χ3n) is 2.61. The molecule has 2 heteroatoms. The Morgan fingerprint density at radius 1 is 1.20 bits per heavy atom. The zero-order chi connectivity index (χ0) is 11.5. The number of nitrogens with zero attached hydrogens (tertiary/aromatic N) is 1. The molecule has 0 saturated heterocycles. The summed E-state index contributed by atoms with van der Waals surface area (Å²) in [6, 6.07) is 0. The van der Waals surface area contributed by atoms with E-state index in [1.165, 1.54) is 49.1 Å². The SMILES string of the molecule is CCCCCC[NH+]1C=CC(CC)=C1.[C-]#N. The molecule has 0 aromatic rings. The Hall–Kier alpha value is -1.07. The quantitative estimate of drug-likeness (QED) is 0.524. The number of unbranched alkanes of at least 4 members (excludes halogenated alkanes) is 3. The van der Waals surface area contributed by atoms with Gasteiger partial charge in [-0.1, -0.05) is 26.7 Å². The molecule has 0 aromatic carbocycles. The van der Waals surface area contributed by atoms with E-state index >= 15 is 0 Å². The molecule has 1 atom stereocenters. The van der Waals surface area contributed by atoms with E-state index in [1.807, 2.05) is 0 Å². The first-order valence-electron chi connectivity index (χ1n) is 5.83.